The maximum Gasteiger partial charge on any atom is 0.292 e. The lowest BCUT2D eigenvalue weighted by molar-refractivity contribution is -0.384. The zero-order chi connectivity index (χ0) is 15.6. The van der Waals surface area contributed by atoms with Crippen molar-refractivity contribution in [2.75, 3.05) is 11.9 Å². The van der Waals surface area contributed by atoms with Crippen LogP contribution in [-0.4, -0.2) is 22.1 Å². The van der Waals surface area contributed by atoms with Gasteiger partial charge in [0.05, 0.1) is 28.8 Å². The average Bonchev–Trinajstić information content (AvgIpc) is 2.83. The van der Waals surface area contributed by atoms with Gasteiger partial charge in [-0.3, -0.25) is 10.1 Å². The van der Waals surface area contributed by atoms with Crippen LogP contribution in [0, 0.1) is 17.0 Å². The molecular weight excluding hydrogens is 290 g/mol. The number of hydrogen-bond donors (Lipinski definition) is 1. The first kappa shape index (κ1) is 15.4. The number of anilines is 1. The van der Waals surface area contributed by atoms with E-state index in [0.29, 0.717) is 17.8 Å². The van der Waals surface area contributed by atoms with Crippen molar-refractivity contribution < 1.29 is 10.0 Å². The predicted molar refractivity (Wildman–Crippen MR) is 82.7 cm³/mol. The van der Waals surface area contributed by atoms with Gasteiger partial charge in [0.25, 0.3) is 5.69 Å². The summed E-state index contributed by atoms with van der Waals surface area (Å²) >= 11 is 1.53. The Morgan fingerprint density at radius 1 is 1.52 bits per heavy atom. The summed E-state index contributed by atoms with van der Waals surface area (Å²) in [5, 5.41) is 20.8. The van der Waals surface area contributed by atoms with Crippen LogP contribution in [0.4, 0.5) is 11.4 Å². The number of aryl methyl sites for hydroxylation is 1. The fraction of sp³-hybridized carbons (Fsp3) is 0.357. The topological polar surface area (TPSA) is 79.5 Å². The standard InChI is InChI=1S/C14H17N3O3S/c1-9-14(21-8-15-9)7-16(3)12-5-4-11(10(2)18)6-13(12)17(19)20/h4-6,8,10,18H,7H2,1-3H3. The normalized spacial score (nSPS) is 12.2. The third-order valence-electron chi connectivity index (χ3n) is 3.32. The molecule has 0 bridgehead atoms. The highest BCUT2D eigenvalue weighted by molar-refractivity contribution is 7.09. The molecule has 1 N–H and O–H groups in total. The van der Waals surface area contributed by atoms with Gasteiger partial charge in [-0.15, -0.1) is 11.3 Å². The van der Waals surface area contributed by atoms with Crippen LogP contribution < -0.4 is 4.90 Å². The Labute approximate surface area is 126 Å². The second kappa shape index (κ2) is 6.19. The molecule has 1 atom stereocenters. The van der Waals surface area contributed by atoms with Crippen molar-refractivity contribution in [1.82, 2.24) is 4.98 Å². The first-order valence-corrected chi connectivity index (χ1v) is 7.34. The molecule has 0 saturated carbocycles. The molecule has 2 aromatic rings. The number of hydrogen-bond acceptors (Lipinski definition) is 6. The lowest BCUT2D eigenvalue weighted by Gasteiger charge is -2.19. The molecular formula is C14H17N3O3S. The monoisotopic (exact) mass is 307 g/mol. The minimum Gasteiger partial charge on any atom is -0.389 e. The van der Waals surface area contributed by atoms with Crippen molar-refractivity contribution in [2.24, 2.45) is 0 Å². The number of aromatic nitrogens is 1. The molecule has 0 spiro atoms. The lowest BCUT2D eigenvalue weighted by atomic mass is 10.1. The number of thiazole rings is 1. The smallest absolute Gasteiger partial charge is 0.292 e. The van der Waals surface area contributed by atoms with Gasteiger partial charge in [0.1, 0.15) is 5.69 Å². The van der Waals surface area contributed by atoms with Gasteiger partial charge in [-0.1, -0.05) is 6.07 Å². The van der Waals surface area contributed by atoms with E-state index in [1.54, 1.807) is 24.6 Å². The third kappa shape index (κ3) is 3.37. The maximum absolute atomic E-state index is 11.3. The minimum absolute atomic E-state index is 0.00179. The van der Waals surface area contributed by atoms with E-state index in [1.807, 2.05) is 18.9 Å². The van der Waals surface area contributed by atoms with Crippen LogP contribution in [0.25, 0.3) is 0 Å². The van der Waals surface area contributed by atoms with Crippen LogP contribution in [0.15, 0.2) is 23.7 Å². The Balaban J connectivity index is 2.34. The molecule has 7 heteroatoms. The highest BCUT2D eigenvalue weighted by Gasteiger charge is 2.20. The Hall–Kier alpha value is -1.99. The van der Waals surface area contributed by atoms with Gasteiger partial charge in [-0.2, -0.15) is 0 Å². The summed E-state index contributed by atoms with van der Waals surface area (Å²) < 4.78 is 0. The van der Waals surface area contributed by atoms with Crippen molar-refractivity contribution in [1.29, 1.82) is 0 Å². The number of nitro groups is 1. The second-order valence-corrected chi connectivity index (χ2v) is 5.84. The first-order chi connectivity index (χ1) is 9.90. The van der Waals surface area contributed by atoms with Crippen LogP contribution in [-0.2, 0) is 6.54 Å². The van der Waals surface area contributed by atoms with Gasteiger partial charge in [0.2, 0.25) is 0 Å². The summed E-state index contributed by atoms with van der Waals surface area (Å²) in [5.74, 6) is 0. The van der Waals surface area contributed by atoms with E-state index in [-0.39, 0.29) is 5.69 Å². The molecule has 1 aromatic heterocycles. The molecule has 0 aliphatic rings. The van der Waals surface area contributed by atoms with E-state index < -0.39 is 11.0 Å². The van der Waals surface area contributed by atoms with Crippen molar-refractivity contribution in [2.45, 2.75) is 26.5 Å². The van der Waals surface area contributed by atoms with E-state index in [1.165, 1.54) is 17.4 Å². The third-order valence-corrected chi connectivity index (χ3v) is 4.24. The molecule has 0 aliphatic heterocycles. The molecule has 1 aromatic carbocycles. The SMILES string of the molecule is Cc1ncsc1CN(C)c1ccc(C(C)O)cc1[N+](=O)[O-]. The number of nitrogens with zero attached hydrogens (tertiary/aromatic N) is 3. The molecule has 112 valence electrons. The molecule has 0 aliphatic carbocycles. The molecule has 0 amide bonds. The summed E-state index contributed by atoms with van der Waals surface area (Å²) in [7, 11) is 1.81. The quantitative estimate of drug-likeness (QED) is 0.678. The van der Waals surface area contributed by atoms with Gasteiger partial charge in [-0.05, 0) is 25.5 Å². The summed E-state index contributed by atoms with van der Waals surface area (Å²) in [6.45, 7) is 4.07. The molecule has 1 unspecified atom stereocenters. The Morgan fingerprint density at radius 3 is 2.76 bits per heavy atom. The molecule has 0 radical (unpaired) electrons. The van der Waals surface area contributed by atoms with Crippen LogP contribution in [0.5, 0.6) is 0 Å². The van der Waals surface area contributed by atoms with Crippen LogP contribution in [0.1, 0.15) is 29.2 Å². The predicted octanol–water partition coefficient (Wildman–Crippen LogP) is 3.05. The van der Waals surface area contributed by atoms with E-state index in [0.717, 1.165) is 10.6 Å². The molecule has 1 heterocycles. The molecule has 2 rings (SSSR count). The molecule has 21 heavy (non-hydrogen) atoms. The van der Waals surface area contributed by atoms with E-state index in [4.69, 9.17) is 0 Å². The lowest BCUT2D eigenvalue weighted by Crippen LogP contribution is -2.17. The number of aliphatic hydroxyl groups excluding tert-OH is 1. The molecule has 0 fully saturated rings. The highest BCUT2D eigenvalue weighted by Crippen LogP contribution is 2.32. The summed E-state index contributed by atoms with van der Waals surface area (Å²) in [5.41, 5.74) is 3.77. The van der Waals surface area contributed by atoms with Gasteiger partial charge in [-0.25, -0.2) is 4.98 Å². The number of nitro benzene ring substituents is 1. The first-order valence-electron chi connectivity index (χ1n) is 6.46. The molecule has 0 saturated heterocycles. The van der Waals surface area contributed by atoms with Crippen molar-refractivity contribution in [3.63, 3.8) is 0 Å². The fourth-order valence-corrected chi connectivity index (χ4v) is 2.88. The second-order valence-electron chi connectivity index (χ2n) is 4.90. The minimum atomic E-state index is -0.730. The highest BCUT2D eigenvalue weighted by atomic mass is 32.1. The van der Waals surface area contributed by atoms with Crippen LogP contribution in [0.3, 0.4) is 0 Å². The van der Waals surface area contributed by atoms with Crippen molar-refractivity contribution in [3.05, 3.63) is 50.0 Å². The fourth-order valence-electron chi connectivity index (χ4n) is 2.05. The van der Waals surface area contributed by atoms with Crippen molar-refractivity contribution >= 4 is 22.7 Å². The number of benzene rings is 1. The zero-order valence-corrected chi connectivity index (χ0v) is 12.9. The summed E-state index contributed by atoms with van der Waals surface area (Å²) in [4.78, 5) is 17.9. The van der Waals surface area contributed by atoms with E-state index >= 15 is 0 Å². The summed E-state index contributed by atoms with van der Waals surface area (Å²) in [6, 6.07) is 4.82. The number of aliphatic hydroxyl groups is 1. The van der Waals surface area contributed by atoms with E-state index in [2.05, 4.69) is 4.98 Å². The Kier molecular flexibility index (Phi) is 4.54. The Morgan fingerprint density at radius 2 is 2.24 bits per heavy atom. The number of rotatable bonds is 5. The van der Waals surface area contributed by atoms with Gasteiger partial charge in [0.15, 0.2) is 0 Å². The molecule has 6 nitrogen and oxygen atoms in total. The largest absolute Gasteiger partial charge is 0.389 e. The van der Waals surface area contributed by atoms with Crippen LogP contribution in [0.2, 0.25) is 0 Å². The summed E-state index contributed by atoms with van der Waals surface area (Å²) in [6.07, 6.45) is -0.730. The van der Waals surface area contributed by atoms with Crippen molar-refractivity contribution in [3.8, 4) is 0 Å². The van der Waals surface area contributed by atoms with Gasteiger partial charge < -0.3 is 10.0 Å². The van der Waals surface area contributed by atoms with Gasteiger partial charge >= 0.3 is 0 Å². The Bertz CT molecular complexity index is 655. The van der Waals surface area contributed by atoms with Gasteiger partial charge in [0, 0.05) is 18.0 Å². The van der Waals surface area contributed by atoms with Crippen LogP contribution >= 0.6 is 11.3 Å². The zero-order valence-electron chi connectivity index (χ0n) is 12.1. The average molecular weight is 307 g/mol. The maximum atomic E-state index is 11.3. The van der Waals surface area contributed by atoms with E-state index in [9.17, 15) is 15.2 Å².